The van der Waals surface area contributed by atoms with Gasteiger partial charge in [-0.05, 0) is 32.4 Å². The van der Waals surface area contributed by atoms with Gasteiger partial charge in [0.25, 0.3) is 0 Å². The van der Waals surface area contributed by atoms with Gasteiger partial charge in [0, 0.05) is 17.3 Å². The lowest BCUT2D eigenvalue weighted by Gasteiger charge is -2.36. The van der Waals surface area contributed by atoms with Crippen molar-refractivity contribution in [1.82, 2.24) is 15.5 Å². The van der Waals surface area contributed by atoms with E-state index in [4.69, 9.17) is 0 Å². The van der Waals surface area contributed by atoms with Gasteiger partial charge >= 0.3 is 0 Å². The molecular formula is C17H19N3O3. The van der Waals surface area contributed by atoms with Crippen LogP contribution in [0.15, 0.2) is 36.1 Å². The number of hydrogen-bond donors (Lipinski definition) is 2. The summed E-state index contributed by atoms with van der Waals surface area (Å²) in [6.07, 6.45) is 7.09. The number of fused-ring (bicyclic) bond motifs is 5. The van der Waals surface area contributed by atoms with Gasteiger partial charge in [0.15, 0.2) is 0 Å². The Labute approximate surface area is 134 Å². The van der Waals surface area contributed by atoms with Crippen LogP contribution in [0.5, 0.6) is 0 Å². The molecule has 120 valence electrons. The molecule has 0 aromatic heterocycles. The van der Waals surface area contributed by atoms with Crippen LogP contribution in [0.25, 0.3) is 0 Å². The molecule has 4 aliphatic heterocycles. The maximum absolute atomic E-state index is 13.0. The molecule has 0 aromatic carbocycles. The summed E-state index contributed by atoms with van der Waals surface area (Å²) in [7, 11) is 0. The van der Waals surface area contributed by atoms with E-state index in [0.717, 1.165) is 25.0 Å². The second-order valence-corrected chi connectivity index (χ2v) is 6.51. The Morgan fingerprint density at radius 3 is 2.74 bits per heavy atom. The SMILES string of the molecule is C=CC1=C(/C=C\C)C2(C(=O)N1)C1C(=O)NC(=O)C1C1CCCN12. The summed E-state index contributed by atoms with van der Waals surface area (Å²) in [6, 6.07) is -0.0541. The predicted molar refractivity (Wildman–Crippen MR) is 82.8 cm³/mol. The van der Waals surface area contributed by atoms with E-state index in [-0.39, 0.29) is 23.8 Å². The molecule has 3 amide bonds. The first-order valence-corrected chi connectivity index (χ1v) is 8.00. The van der Waals surface area contributed by atoms with Crippen LogP contribution in [0.4, 0.5) is 0 Å². The van der Waals surface area contributed by atoms with E-state index in [9.17, 15) is 14.4 Å². The Hall–Kier alpha value is -2.21. The minimum absolute atomic E-state index is 0.0541. The van der Waals surface area contributed by atoms with Crippen molar-refractivity contribution in [3.63, 3.8) is 0 Å². The van der Waals surface area contributed by atoms with E-state index in [1.807, 2.05) is 19.1 Å². The van der Waals surface area contributed by atoms with E-state index in [1.54, 1.807) is 6.08 Å². The van der Waals surface area contributed by atoms with Gasteiger partial charge in [0.1, 0.15) is 5.54 Å². The zero-order valence-electron chi connectivity index (χ0n) is 13.0. The Bertz CT molecular complexity index is 708. The summed E-state index contributed by atoms with van der Waals surface area (Å²) in [4.78, 5) is 40.0. The van der Waals surface area contributed by atoms with E-state index < -0.39 is 17.4 Å². The van der Waals surface area contributed by atoms with Crippen LogP contribution in [0.2, 0.25) is 0 Å². The second-order valence-electron chi connectivity index (χ2n) is 6.51. The highest BCUT2D eigenvalue weighted by Gasteiger charge is 2.73. The monoisotopic (exact) mass is 313 g/mol. The molecular weight excluding hydrogens is 294 g/mol. The van der Waals surface area contributed by atoms with Crippen LogP contribution in [-0.4, -0.2) is 40.7 Å². The van der Waals surface area contributed by atoms with Gasteiger partial charge in [0.2, 0.25) is 17.7 Å². The first-order chi connectivity index (χ1) is 11.1. The Kier molecular flexibility index (Phi) is 2.90. The molecule has 4 heterocycles. The minimum atomic E-state index is -1.09. The fourth-order valence-corrected chi connectivity index (χ4v) is 4.98. The van der Waals surface area contributed by atoms with Crippen LogP contribution in [0.1, 0.15) is 19.8 Å². The largest absolute Gasteiger partial charge is 0.324 e. The third-order valence-corrected chi connectivity index (χ3v) is 5.64. The second kappa shape index (κ2) is 4.64. The highest BCUT2D eigenvalue weighted by molar-refractivity contribution is 6.12. The number of allylic oxidation sites excluding steroid dienone is 2. The number of imide groups is 1. The number of nitrogens with zero attached hydrogens (tertiary/aromatic N) is 1. The molecule has 2 N–H and O–H groups in total. The first-order valence-electron chi connectivity index (χ1n) is 8.00. The lowest BCUT2D eigenvalue weighted by Crippen LogP contribution is -2.58. The Balaban J connectivity index is 1.99. The van der Waals surface area contributed by atoms with Crippen molar-refractivity contribution in [3.05, 3.63) is 36.1 Å². The van der Waals surface area contributed by atoms with Gasteiger partial charge < -0.3 is 5.32 Å². The molecule has 0 bridgehead atoms. The summed E-state index contributed by atoms with van der Waals surface area (Å²) in [5.74, 6) is -1.90. The molecule has 3 saturated heterocycles. The molecule has 0 radical (unpaired) electrons. The number of carbonyl (C=O) groups is 3. The molecule has 23 heavy (non-hydrogen) atoms. The van der Waals surface area contributed by atoms with Crippen LogP contribution in [0, 0.1) is 11.8 Å². The van der Waals surface area contributed by atoms with Gasteiger partial charge in [-0.1, -0.05) is 18.7 Å². The standard InChI is InChI=1S/C17H19N3O3/c1-3-6-9-10(4-2)18-16(23)17(9)13-12(14(21)19-15(13)22)11-7-5-8-20(11)17/h3-4,6,11-13H,2,5,7-8H2,1H3,(H,18,23)(H,19,21,22)/b6-3-. The summed E-state index contributed by atoms with van der Waals surface area (Å²) < 4.78 is 0. The molecule has 1 spiro atoms. The smallest absolute Gasteiger partial charge is 0.250 e. The molecule has 4 rings (SSSR count). The normalized spacial score (nSPS) is 39.3. The van der Waals surface area contributed by atoms with Gasteiger partial charge in [0.05, 0.1) is 11.8 Å². The Morgan fingerprint density at radius 1 is 1.26 bits per heavy atom. The summed E-state index contributed by atoms with van der Waals surface area (Å²) in [5.41, 5.74) is 0.300. The third-order valence-electron chi connectivity index (χ3n) is 5.64. The van der Waals surface area contributed by atoms with Crippen molar-refractivity contribution in [1.29, 1.82) is 0 Å². The lowest BCUT2D eigenvalue weighted by atomic mass is 9.74. The average molecular weight is 313 g/mol. The topological polar surface area (TPSA) is 78.5 Å². The number of carbonyl (C=O) groups excluding carboxylic acids is 3. The molecule has 6 nitrogen and oxygen atoms in total. The van der Waals surface area contributed by atoms with Crippen molar-refractivity contribution < 1.29 is 14.4 Å². The fourth-order valence-electron chi connectivity index (χ4n) is 4.98. The number of rotatable bonds is 2. The maximum Gasteiger partial charge on any atom is 0.250 e. The van der Waals surface area contributed by atoms with Gasteiger partial charge in [-0.25, -0.2) is 0 Å². The number of nitrogens with one attached hydrogen (secondary N) is 2. The summed E-state index contributed by atoms with van der Waals surface area (Å²) >= 11 is 0. The van der Waals surface area contributed by atoms with Crippen LogP contribution >= 0.6 is 0 Å². The van der Waals surface area contributed by atoms with Crippen LogP contribution < -0.4 is 10.6 Å². The third kappa shape index (κ3) is 1.49. The van der Waals surface area contributed by atoms with Crippen LogP contribution in [-0.2, 0) is 14.4 Å². The van der Waals surface area contributed by atoms with Crippen molar-refractivity contribution in [2.24, 2.45) is 11.8 Å². The van der Waals surface area contributed by atoms with Gasteiger partial charge in [-0.3, -0.25) is 24.6 Å². The molecule has 4 aliphatic rings. The highest BCUT2D eigenvalue weighted by Crippen LogP contribution is 2.55. The van der Waals surface area contributed by atoms with Crippen molar-refractivity contribution >= 4 is 17.7 Å². The van der Waals surface area contributed by atoms with Gasteiger partial charge in [-0.2, -0.15) is 0 Å². The number of amides is 3. The predicted octanol–water partition coefficient (Wildman–Crippen LogP) is 0.238. The van der Waals surface area contributed by atoms with E-state index in [2.05, 4.69) is 22.1 Å². The average Bonchev–Trinajstić information content (AvgIpc) is 3.20. The minimum Gasteiger partial charge on any atom is -0.324 e. The Morgan fingerprint density at radius 2 is 2.04 bits per heavy atom. The molecule has 0 saturated carbocycles. The highest BCUT2D eigenvalue weighted by atomic mass is 16.2. The molecule has 4 atom stereocenters. The zero-order valence-corrected chi connectivity index (χ0v) is 13.0. The zero-order chi connectivity index (χ0) is 16.4. The summed E-state index contributed by atoms with van der Waals surface area (Å²) in [6.45, 7) is 6.37. The first kappa shape index (κ1) is 14.4. The van der Waals surface area contributed by atoms with Crippen LogP contribution in [0.3, 0.4) is 0 Å². The summed E-state index contributed by atoms with van der Waals surface area (Å²) in [5, 5.41) is 5.31. The van der Waals surface area contributed by atoms with Crippen molar-refractivity contribution in [2.75, 3.05) is 6.54 Å². The van der Waals surface area contributed by atoms with Crippen molar-refractivity contribution in [2.45, 2.75) is 31.3 Å². The maximum atomic E-state index is 13.0. The molecule has 4 unspecified atom stereocenters. The molecule has 6 heteroatoms. The molecule has 0 aliphatic carbocycles. The quantitative estimate of drug-likeness (QED) is 0.716. The van der Waals surface area contributed by atoms with E-state index in [0.29, 0.717) is 5.70 Å². The van der Waals surface area contributed by atoms with E-state index in [1.165, 1.54) is 0 Å². The van der Waals surface area contributed by atoms with E-state index >= 15 is 0 Å². The lowest BCUT2D eigenvalue weighted by molar-refractivity contribution is -0.136. The van der Waals surface area contributed by atoms with Gasteiger partial charge in [-0.15, -0.1) is 0 Å². The number of hydrogen-bond acceptors (Lipinski definition) is 4. The molecule has 3 fully saturated rings. The van der Waals surface area contributed by atoms with Crippen molar-refractivity contribution in [3.8, 4) is 0 Å². The fraction of sp³-hybridized carbons (Fsp3) is 0.471. The molecule has 0 aromatic rings.